The number of rotatable bonds is 8. The minimum atomic E-state index is -0.107. The van der Waals surface area contributed by atoms with E-state index in [0.29, 0.717) is 17.3 Å². The lowest BCUT2D eigenvalue weighted by atomic mass is 10.2. The third-order valence-corrected chi connectivity index (χ3v) is 4.79. The lowest BCUT2D eigenvalue weighted by Gasteiger charge is -2.09. The Morgan fingerprint density at radius 2 is 2.17 bits per heavy atom. The van der Waals surface area contributed by atoms with Gasteiger partial charge in [0.15, 0.2) is 5.16 Å². The number of nitrogens with one attached hydrogen (secondary N) is 1. The molecule has 0 aliphatic carbocycles. The molecule has 6 nitrogen and oxygen atoms in total. The summed E-state index contributed by atoms with van der Waals surface area (Å²) in [5.74, 6) is 0.983. The van der Waals surface area contributed by atoms with Gasteiger partial charge < -0.3 is 14.6 Å². The normalized spacial score (nSPS) is 10.8. The summed E-state index contributed by atoms with van der Waals surface area (Å²) in [6, 6.07) is 5.46. The summed E-state index contributed by atoms with van der Waals surface area (Å²) in [4.78, 5) is 12.1. The minimum absolute atomic E-state index is 0.107. The van der Waals surface area contributed by atoms with Crippen molar-refractivity contribution in [1.82, 2.24) is 14.8 Å². The molecule has 0 bridgehead atoms. The molecule has 0 aliphatic rings. The van der Waals surface area contributed by atoms with Gasteiger partial charge in [-0.05, 0) is 38.0 Å². The Labute approximate surface area is 150 Å². The molecule has 0 radical (unpaired) electrons. The molecular formula is C16H21ClN4O2S. The molecule has 1 aromatic carbocycles. The molecule has 1 heterocycles. The maximum Gasteiger partial charge on any atom is 0.234 e. The van der Waals surface area contributed by atoms with E-state index in [1.807, 2.05) is 30.5 Å². The molecule has 0 fully saturated rings. The zero-order chi connectivity index (χ0) is 17.5. The molecule has 1 N–H and O–H groups in total. The average molecular weight is 369 g/mol. The molecule has 2 rings (SSSR count). The Balaban J connectivity index is 1.90. The van der Waals surface area contributed by atoms with Gasteiger partial charge in [0.1, 0.15) is 5.82 Å². The molecular weight excluding hydrogens is 348 g/mol. The van der Waals surface area contributed by atoms with E-state index < -0.39 is 0 Å². The van der Waals surface area contributed by atoms with Crippen molar-refractivity contribution in [1.29, 1.82) is 0 Å². The fourth-order valence-corrected chi connectivity index (χ4v) is 3.08. The number of thioether (sulfide) groups is 1. The van der Waals surface area contributed by atoms with Crippen LogP contribution in [-0.4, -0.2) is 40.1 Å². The van der Waals surface area contributed by atoms with Crippen molar-refractivity contribution in [3.63, 3.8) is 0 Å². The van der Waals surface area contributed by atoms with Crippen LogP contribution in [0.1, 0.15) is 17.8 Å². The second-order valence-electron chi connectivity index (χ2n) is 5.33. The summed E-state index contributed by atoms with van der Waals surface area (Å²) in [6.45, 7) is 5.27. The van der Waals surface area contributed by atoms with E-state index in [9.17, 15) is 4.79 Å². The molecule has 130 valence electrons. The fraction of sp³-hybridized carbons (Fsp3) is 0.438. The van der Waals surface area contributed by atoms with Crippen molar-refractivity contribution in [2.45, 2.75) is 32.0 Å². The molecule has 0 aliphatic heterocycles. The van der Waals surface area contributed by atoms with E-state index >= 15 is 0 Å². The predicted octanol–water partition coefficient (Wildman–Crippen LogP) is 3.32. The summed E-state index contributed by atoms with van der Waals surface area (Å²) < 4.78 is 7.07. The molecule has 1 aromatic heterocycles. The lowest BCUT2D eigenvalue weighted by Crippen LogP contribution is -2.15. The van der Waals surface area contributed by atoms with Gasteiger partial charge in [-0.25, -0.2) is 0 Å². The fourth-order valence-electron chi connectivity index (χ4n) is 2.09. The van der Waals surface area contributed by atoms with E-state index in [2.05, 4.69) is 15.5 Å². The highest BCUT2D eigenvalue weighted by Crippen LogP contribution is 2.21. The highest BCUT2D eigenvalue weighted by Gasteiger charge is 2.12. The second-order valence-corrected chi connectivity index (χ2v) is 6.68. The van der Waals surface area contributed by atoms with Crippen LogP contribution in [0.25, 0.3) is 0 Å². The minimum Gasteiger partial charge on any atom is -0.385 e. The van der Waals surface area contributed by atoms with Crippen LogP contribution >= 0.6 is 23.4 Å². The van der Waals surface area contributed by atoms with Crippen LogP contribution in [0.5, 0.6) is 0 Å². The number of benzene rings is 1. The molecule has 1 amide bonds. The first-order chi connectivity index (χ1) is 11.5. The van der Waals surface area contributed by atoms with Crippen molar-refractivity contribution in [3.8, 4) is 0 Å². The number of amides is 1. The van der Waals surface area contributed by atoms with Gasteiger partial charge in [0, 0.05) is 31.0 Å². The third kappa shape index (κ3) is 5.22. The number of methoxy groups -OCH3 is 1. The van der Waals surface area contributed by atoms with Crippen molar-refractivity contribution in [2.75, 3.05) is 24.8 Å². The van der Waals surface area contributed by atoms with E-state index in [-0.39, 0.29) is 11.7 Å². The third-order valence-electron chi connectivity index (χ3n) is 3.42. The van der Waals surface area contributed by atoms with Crippen LogP contribution in [0.3, 0.4) is 0 Å². The zero-order valence-electron chi connectivity index (χ0n) is 14.0. The molecule has 8 heteroatoms. The van der Waals surface area contributed by atoms with Crippen LogP contribution in [0.4, 0.5) is 5.69 Å². The van der Waals surface area contributed by atoms with E-state index in [4.69, 9.17) is 16.3 Å². The number of halogens is 1. The van der Waals surface area contributed by atoms with Crippen molar-refractivity contribution >= 4 is 35.0 Å². The molecule has 0 saturated carbocycles. The van der Waals surface area contributed by atoms with Crippen molar-refractivity contribution in [3.05, 3.63) is 34.6 Å². The standard InChI is InChI=1S/C16H21ClN4O2S/c1-11-5-6-13(9-14(11)17)18-15(22)10-24-16-20-19-12(2)21(16)7-4-8-23-3/h5-6,9H,4,7-8,10H2,1-3H3,(H,18,22). The van der Waals surface area contributed by atoms with Gasteiger partial charge in [0.05, 0.1) is 5.75 Å². The highest BCUT2D eigenvalue weighted by atomic mass is 35.5. The quantitative estimate of drug-likeness (QED) is 0.571. The van der Waals surface area contributed by atoms with Crippen molar-refractivity contribution < 1.29 is 9.53 Å². The van der Waals surface area contributed by atoms with Crippen LogP contribution in [0.2, 0.25) is 5.02 Å². The summed E-state index contributed by atoms with van der Waals surface area (Å²) in [7, 11) is 1.68. The van der Waals surface area contributed by atoms with Gasteiger partial charge in [-0.2, -0.15) is 0 Å². The maximum atomic E-state index is 12.1. The van der Waals surface area contributed by atoms with Crippen LogP contribution < -0.4 is 5.32 Å². The molecule has 0 saturated heterocycles. The Morgan fingerprint density at radius 3 is 2.88 bits per heavy atom. The van der Waals surface area contributed by atoms with E-state index in [0.717, 1.165) is 29.5 Å². The van der Waals surface area contributed by atoms with Gasteiger partial charge in [-0.1, -0.05) is 29.4 Å². The van der Waals surface area contributed by atoms with Crippen LogP contribution in [-0.2, 0) is 16.1 Å². The monoisotopic (exact) mass is 368 g/mol. The second kappa shape index (κ2) is 9.05. The first-order valence-electron chi connectivity index (χ1n) is 7.59. The number of hydrogen-bond donors (Lipinski definition) is 1. The molecule has 24 heavy (non-hydrogen) atoms. The summed E-state index contributed by atoms with van der Waals surface area (Å²) >= 11 is 7.43. The Morgan fingerprint density at radius 1 is 1.38 bits per heavy atom. The first-order valence-corrected chi connectivity index (χ1v) is 8.95. The molecule has 0 atom stereocenters. The van der Waals surface area contributed by atoms with E-state index in [1.54, 1.807) is 13.2 Å². The Hall–Kier alpha value is -1.57. The summed E-state index contributed by atoms with van der Waals surface area (Å²) in [5.41, 5.74) is 1.66. The first kappa shape index (κ1) is 18.8. The number of aromatic nitrogens is 3. The van der Waals surface area contributed by atoms with Gasteiger partial charge >= 0.3 is 0 Å². The summed E-state index contributed by atoms with van der Waals surface area (Å²) in [6.07, 6.45) is 0.872. The van der Waals surface area contributed by atoms with Gasteiger partial charge in [-0.3, -0.25) is 4.79 Å². The highest BCUT2D eigenvalue weighted by molar-refractivity contribution is 7.99. The lowest BCUT2D eigenvalue weighted by molar-refractivity contribution is -0.113. The Bertz CT molecular complexity index is 705. The number of carbonyl (C=O) groups is 1. The average Bonchev–Trinajstić information content (AvgIpc) is 2.90. The van der Waals surface area contributed by atoms with Crippen LogP contribution in [0, 0.1) is 13.8 Å². The number of hydrogen-bond acceptors (Lipinski definition) is 5. The number of anilines is 1. The SMILES string of the molecule is COCCCn1c(C)nnc1SCC(=O)Nc1ccc(C)c(Cl)c1. The number of ether oxygens (including phenoxy) is 1. The number of aryl methyl sites for hydroxylation is 2. The van der Waals surface area contributed by atoms with Gasteiger partial charge in [0.25, 0.3) is 0 Å². The topological polar surface area (TPSA) is 69.0 Å². The van der Waals surface area contributed by atoms with E-state index in [1.165, 1.54) is 11.8 Å². The maximum absolute atomic E-state index is 12.1. The molecule has 2 aromatic rings. The molecule has 0 unspecified atom stereocenters. The smallest absolute Gasteiger partial charge is 0.234 e. The predicted molar refractivity (Wildman–Crippen MR) is 96.8 cm³/mol. The largest absolute Gasteiger partial charge is 0.385 e. The van der Waals surface area contributed by atoms with Crippen molar-refractivity contribution in [2.24, 2.45) is 0 Å². The zero-order valence-corrected chi connectivity index (χ0v) is 15.6. The molecule has 0 spiro atoms. The van der Waals surface area contributed by atoms with Gasteiger partial charge in [-0.15, -0.1) is 10.2 Å². The Kier molecular flexibility index (Phi) is 7.08. The summed E-state index contributed by atoms with van der Waals surface area (Å²) in [5, 5.41) is 12.4. The number of nitrogens with zero attached hydrogens (tertiary/aromatic N) is 3. The number of carbonyl (C=O) groups excluding carboxylic acids is 1. The van der Waals surface area contributed by atoms with Crippen LogP contribution in [0.15, 0.2) is 23.4 Å². The van der Waals surface area contributed by atoms with Gasteiger partial charge in [0.2, 0.25) is 5.91 Å².